The first-order chi connectivity index (χ1) is 6.86. The zero-order valence-electron chi connectivity index (χ0n) is 8.39. The third kappa shape index (κ3) is 2.51. The molecule has 0 fully saturated rings. The van der Waals surface area contributed by atoms with Crippen LogP contribution in [0.15, 0.2) is 6.07 Å². The number of benzene rings is 1. The molecule has 0 aromatic heterocycles. The normalized spacial score (nSPS) is 13.3. The topological polar surface area (TPSA) is 46.2 Å². The van der Waals surface area contributed by atoms with Gasteiger partial charge in [0.15, 0.2) is 0 Å². The Balaban J connectivity index is 3.39. The smallest absolute Gasteiger partial charge is 0.140 e. The molecule has 0 saturated carbocycles. The highest BCUT2D eigenvalue weighted by atomic mass is 35.5. The summed E-state index contributed by atoms with van der Waals surface area (Å²) in [6.07, 6.45) is 0. The van der Waals surface area contributed by atoms with Crippen LogP contribution < -0.4 is 5.73 Å². The second-order valence-electron chi connectivity index (χ2n) is 3.69. The van der Waals surface area contributed by atoms with Gasteiger partial charge in [0.05, 0.1) is 15.1 Å². The predicted molar refractivity (Wildman–Crippen MR) is 64.9 cm³/mol. The molecular formula is C10H12Cl3NO. The molecule has 1 aromatic rings. The highest BCUT2D eigenvalue weighted by Gasteiger charge is 2.22. The summed E-state index contributed by atoms with van der Waals surface area (Å²) in [5.41, 5.74) is 6.32. The summed E-state index contributed by atoms with van der Waals surface area (Å²) in [5.74, 6) is 0.0372. The second kappa shape index (κ2) is 4.79. The van der Waals surface area contributed by atoms with Gasteiger partial charge in [0.1, 0.15) is 5.75 Å². The van der Waals surface area contributed by atoms with E-state index in [9.17, 15) is 5.11 Å². The lowest BCUT2D eigenvalue weighted by molar-refractivity contribution is 0.440. The molecule has 0 spiro atoms. The molecule has 0 aliphatic rings. The van der Waals surface area contributed by atoms with Gasteiger partial charge < -0.3 is 10.8 Å². The lowest BCUT2D eigenvalue weighted by Gasteiger charge is -2.20. The molecule has 15 heavy (non-hydrogen) atoms. The number of phenols is 1. The van der Waals surface area contributed by atoms with Gasteiger partial charge in [0.2, 0.25) is 0 Å². The number of nitrogens with two attached hydrogens (primary N) is 1. The van der Waals surface area contributed by atoms with Crippen molar-refractivity contribution < 1.29 is 5.11 Å². The molecule has 3 N–H and O–H groups in total. The Labute approximate surface area is 104 Å². The molecule has 0 bridgehead atoms. The van der Waals surface area contributed by atoms with E-state index in [1.54, 1.807) is 0 Å². The summed E-state index contributed by atoms with van der Waals surface area (Å²) in [7, 11) is 0. The van der Waals surface area contributed by atoms with Gasteiger partial charge in [-0.1, -0.05) is 48.7 Å². The summed E-state index contributed by atoms with van der Waals surface area (Å²) in [6.45, 7) is 3.85. The molecule has 0 heterocycles. The minimum atomic E-state index is -0.395. The van der Waals surface area contributed by atoms with E-state index in [1.807, 2.05) is 13.8 Å². The number of aromatic hydroxyl groups is 1. The molecule has 0 aliphatic heterocycles. The van der Waals surface area contributed by atoms with Gasteiger partial charge in [-0.25, -0.2) is 0 Å². The molecule has 1 atom stereocenters. The van der Waals surface area contributed by atoms with Crippen molar-refractivity contribution in [3.8, 4) is 5.75 Å². The van der Waals surface area contributed by atoms with Crippen molar-refractivity contribution in [2.45, 2.75) is 19.9 Å². The Morgan fingerprint density at radius 1 is 1.20 bits per heavy atom. The minimum Gasteiger partial charge on any atom is -0.506 e. The number of phenolic OH excluding ortho intramolecular Hbond substituents is 1. The van der Waals surface area contributed by atoms with Crippen molar-refractivity contribution >= 4 is 34.8 Å². The highest BCUT2D eigenvalue weighted by molar-refractivity contribution is 6.44. The Kier molecular flexibility index (Phi) is 4.13. The van der Waals surface area contributed by atoms with Gasteiger partial charge in [-0.05, 0) is 12.0 Å². The van der Waals surface area contributed by atoms with E-state index in [2.05, 4.69) is 0 Å². The van der Waals surface area contributed by atoms with Crippen LogP contribution in [-0.4, -0.2) is 5.11 Å². The number of hydrogen-bond donors (Lipinski definition) is 2. The minimum absolute atomic E-state index is 0.0905. The molecule has 0 radical (unpaired) electrons. The SMILES string of the molecule is CC(C)C(N)c1c(O)c(Cl)cc(Cl)c1Cl. The van der Waals surface area contributed by atoms with E-state index in [1.165, 1.54) is 6.07 Å². The second-order valence-corrected chi connectivity index (χ2v) is 4.88. The lowest BCUT2D eigenvalue weighted by Crippen LogP contribution is -2.17. The zero-order chi connectivity index (χ0) is 11.7. The van der Waals surface area contributed by atoms with Gasteiger partial charge in [-0.3, -0.25) is 0 Å². The van der Waals surface area contributed by atoms with Crippen molar-refractivity contribution in [3.05, 3.63) is 26.7 Å². The van der Waals surface area contributed by atoms with Crippen LogP contribution in [0.1, 0.15) is 25.5 Å². The van der Waals surface area contributed by atoms with Crippen LogP contribution in [-0.2, 0) is 0 Å². The van der Waals surface area contributed by atoms with Gasteiger partial charge >= 0.3 is 0 Å². The molecule has 1 rings (SSSR count). The predicted octanol–water partition coefficient (Wildman–Crippen LogP) is 4.01. The fourth-order valence-corrected chi connectivity index (χ4v) is 1.99. The Bertz CT molecular complexity index is 353. The van der Waals surface area contributed by atoms with E-state index in [0.717, 1.165) is 0 Å². The third-order valence-corrected chi connectivity index (χ3v) is 3.32. The molecule has 2 nitrogen and oxygen atoms in total. The first-order valence-corrected chi connectivity index (χ1v) is 5.61. The monoisotopic (exact) mass is 267 g/mol. The van der Waals surface area contributed by atoms with E-state index < -0.39 is 6.04 Å². The average molecular weight is 269 g/mol. The van der Waals surface area contributed by atoms with Crippen molar-refractivity contribution in [3.63, 3.8) is 0 Å². The molecule has 1 aromatic carbocycles. The van der Waals surface area contributed by atoms with Crippen molar-refractivity contribution in [2.24, 2.45) is 11.7 Å². The molecule has 0 aliphatic carbocycles. The van der Waals surface area contributed by atoms with E-state index in [0.29, 0.717) is 10.6 Å². The highest BCUT2D eigenvalue weighted by Crippen LogP contribution is 2.42. The Hall–Kier alpha value is -0.150. The maximum absolute atomic E-state index is 9.77. The summed E-state index contributed by atoms with van der Waals surface area (Å²) >= 11 is 17.6. The van der Waals surface area contributed by atoms with Gasteiger partial charge in [0.25, 0.3) is 0 Å². The summed E-state index contributed by atoms with van der Waals surface area (Å²) in [5, 5.41) is 10.5. The van der Waals surface area contributed by atoms with Gasteiger partial charge in [-0.15, -0.1) is 0 Å². The van der Waals surface area contributed by atoms with Gasteiger partial charge in [0, 0.05) is 11.6 Å². The first kappa shape index (κ1) is 12.9. The third-order valence-electron chi connectivity index (χ3n) is 2.23. The molecule has 0 amide bonds. The summed E-state index contributed by atoms with van der Waals surface area (Å²) < 4.78 is 0. The van der Waals surface area contributed by atoms with Crippen molar-refractivity contribution in [1.82, 2.24) is 0 Å². The fraction of sp³-hybridized carbons (Fsp3) is 0.400. The lowest BCUT2D eigenvalue weighted by atomic mass is 9.96. The van der Waals surface area contributed by atoms with Crippen molar-refractivity contribution in [2.75, 3.05) is 0 Å². The maximum Gasteiger partial charge on any atom is 0.140 e. The zero-order valence-corrected chi connectivity index (χ0v) is 10.7. The quantitative estimate of drug-likeness (QED) is 0.796. The number of rotatable bonds is 2. The maximum atomic E-state index is 9.77. The molecular weight excluding hydrogens is 256 g/mol. The number of halogens is 3. The average Bonchev–Trinajstić information content (AvgIpc) is 2.15. The molecule has 1 unspecified atom stereocenters. The number of hydrogen-bond acceptors (Lipinski definition) is 2. The fourth-order valence-electron chi connectivity index (χ4n) is 1.24. The van der Waals surface area contributed by atoms with Crippen LogP contribution in [0.25, 0.3) is 0 Å². The van der Waals surface area contributed by atoms with Crippen LogP contribution in [0.2, 0.25) is 15.1 Å². The van der Waals surface area contributed by atoms with Crippen LogP contribution in [0.4, 0.5) is 0 Å². The van der Waals surface area contributed by atoms with Crippen LogP contribution in [0.3, 0.4) is 0 Å². The largest absolute Gasteiger partial charge is 0.506 e. The van der Waals surface area contributed by atoms with Crippen LogP contribution in [0.5, 0.6) is 5.75 Å². The molecule has 84 valence electrons. The Morgan fingerprint density at radius 2 is 1.73 bits per heavy atom. The van der Waals surface area contributed by atoms with E-state index >= 15 is 0 Å². The Morgan fingerprint density at radius 3 is 2.20 bits per heavy atom. The van der Waals surface area contributed by atoms with Crippen molar-refractivity contribution in [1.29, 1.82) is 0 Å². The standard InChI is InChI=1S/C10H12Cl3NO/c1-4(2)9(14)7-8(13)5(11)3-6(12)10(7)15/h3-4,9,15H,14H2,1-2H3. The van der Waals surface area contributed by atoms with E-state index in [4.69, 9.17) is 40.5 Å². The summed E-state index contributed by atoms with van der Waals surface area (Å²) in [6, 6.07) is 1.01. The molecule has 5 heteroatoms. The van der Waals surface area contributed by atoms with Gasteiger partial charge in [-0.2, -0.15) is 0 Å². The van der Waals surface area contributed by atoms with Crippen LogP contribution in [0, 0.1) is 5.92 Å². The molecule has 0 saturated heterocycles. The summed E-state index contributed by atoms with van der Waals surface area (Å²) in [4.78, 5) is 0. The van der Waals surface area contributed by atoms with Crippen LogP contribution >= 0.6 is 34.8 Å². The van der Waals surface area contributed by atoms with E-state index in [-0.39, 0.29) is 21.7 Å². The first-order valence-electron chi connectivity index (χ1n) is 4.48.